The molecule has 0 spiro atoms. The fourth-order valence-electron chi connectivity index (χ4n) is 1.11. The van der Waals surface area contributed by atoms with Crippen molar-refractivity contribution in [2.24, 2.45) is 5.92 Å². The van der Waals surface area contributed by atoms with E-state index in [0.29, 0.717) is 0 Å². The fourth-order valence-corrected chi connectivity index (χ4v) is 1.11. The molecule has 1 aliphatic rings. The van der Waals surface area contributed by atoms with Gasteiger partial charge >= 0.3 is 5.97 Å². The molecule has 1 fully saturated rings. The first-order valence-corrected chi connectivity index (χ1v) is 3.38. The maximum Gasteiger partial charge on any atom is 0.314 e. The van der Waals surface area contributed by atoms with Crippen LogP contribution in [0.25, 0.3) is 0 Å². The number of carboxylic acid groups (broad SMARTS) is 1. The summed E-state index contributed by atoms with van der Waals surface area (Å²) in [5.41, 5.74) is 0. The third kappa shape index (κ3) is 1.63. The van der Waals surface area contributed by atoms with Crippen molar-refractivity contribution >= 4 is 17.5 Å². The van der Waals surface area contributed by atoms with Crippen LogP contribution in [0, 0.1) is 5.92 Å². The highest BCUT2D eigenvalue weighted by atomic mass is 16.4. The van der Waals surface area contributed by atoms with Gasteiger partial charge in [-0.25, -0.2) is 0 Å². The summed E-state index contributed by atoms with van der Waals surface area (Å²) >= 11 is 0. The van der Waals surface area contributed by atoms with E-state index in [0.717, 1.165) is 0 Å². The van der Waals surface area contributed by atoms with Crippen LogP contribution in [0.3, 0.4) is 0 Å². The fraction of sp³-hybridized carbons (Fsp3) is 0.571. The smallest absolute Gasteiger partial charge is 0.314 e. The SMILES string of the molecule is O=C1CCC(=O)C(C(=O)O)C1. The van der Waals surface area contributed by atoms with Crippen LogP contribution in [0.4, 0.5) is 0 Å². The lowest BCUT2D eigenvalue weighted by molar-refractivity contribution is -0.150. The molecule has 0 aromatic rings. The summed E-state index contributed by atoms with van der Waals surface area (Å²) in [5, 5.41) is 8.45. The Morgan fingerprint density at radius 1 is 1.36 bits per heavy atom. The molecule has 0 aromatic carbocycles. The highest BCUT2D eigenvalue weighted by Gasteiger charge is 2.32. The van der Waals surface area contributed by atoms with Crippen LogP contribution >= 0.6 is 0 Å². The lowest BCUT2D eigenvalue weighted by Crippen LogP contribution is -2.30. The zero-order chi connectivity index (χ0) is 8.43. The standard InChI is InChI=1S/C7H8O4/c8-4-1-2-6(9)5(3-4)7(10)11/h5H,1-3H2,(H,10,11). The topological polar surface area (TPSA) is 71.4 Å². The Morgan fingerprint density at radius 3 is 2.45 bits per heavy atom. The van der Waals surface area contributed by atoms with E-state index in [1.165, 1.54) is 0 Å². The van der Waals surface area contributed by atoms with Crippen LogP contribution in [0.5, 0.6) is 0 Å². The molecule has 1 N–H and O–H groups in total. The Kier molecular flexibility index (Phi) is 2.03. The van der Waals surface area contributed by atoms with Crippen LogP contribution in [0.15, 0.2) is 0 Å². The van der Waals surface area contributed by atoms with Gasteiger partial charge < -0.3 is 5.11 Å². The highest BCUT2D eigenvalue weighted by molar-refractivity contribution is 6.05. The van der Waals surface area contributed by atoms with Crippen molar-refractivity contribution in [3.05, 3.63) is 0 Å². The number of carbonyl (C=O) groups is 3. The van der Waals surface area contributed by atoms with E-state index in [1.54, 1.807) is 0 Å². The number of carboxylic acids is 1. The maximum atomic E-state index is 10.8. The number of hydrogen-bond donors (Lipinski definition) is 1. The summed E-state index contributed by atoms with van der Waals surface area (Å²) in [5.74, 6) is -2.70. The summed E-state index contributed by atoms with van der Waals surface area (Å²) in [6.07, 6.45) is 0.187. The molecule has 1 rings (SSSR count). The summed E-state index contributed by atoms with van der Waals surface area (Å²) in [4.78, 5) is 31.9. The largest absolute Gasteiger partial charge is 0.481 e. The van der Waals surface area contributed by atoms with Gasteiger partial charge in [-0.1, -0.05) is 0 Å². The summed E-state index contributed by atoms with van der Waals surface area (Å²) < 4.78 is 0. The molecule has 1 aliphatic carbocycles. The van der Waals surface area contributed by atoms with E-state index in [9.17, 15) is 14.4 Å². The minimum atomic E-state index is -1.18. The van der Waals surface area contributed by atoms with Gasteiger partial charge in [0.2, 0.25) is 0 Å². The van der Waals surface area contributed by atoms with Gasteiger partial charge in [-0.15, -0.1) is 0 Å². The van der Waals surface area contributed by atoms with Crippen molar-refractivity contribution in [2.45, 2.75) is 19.3 Å². The highest BCUT2D eigenvalue weighted by Crippen LogP contribution is 2.17. The first-order valence-electron chi connectivity index (χ1n) is 3.38. The summed E-state index contributed by atoms with van der Waals surface area (Å²) in [7, 11) is 0. The predicted molar refractivity (Wildman–Crippen MR) is 35.0 cm³/mol. The Balaban J connectivity index is 2.69. The first-order chi connectivity index (χ1) is 5.11. The minimum Gasteiger partial charge on any atom is -0.481 e. The van der Waals surface area contributed by atoms with Crippen molar-refractivity contribution in [2.75, 3.05) is 0 Å². The van der Waals surface area contributed by atoms with Gasteiger partial charge in [0.05, 0.1) is 0 Å². The average molecular weight is 156 g/mol. The molecule has 0 bridgehead atoms. The maximum absolute atomic E-state index is 10.8. The van der Waals surface area contributed by atoms with Crippen LogP contribution in [-0.4, -0.2) is 22.6 Å². The van der Waals surface area contributed by atoms with E-state index in [1.807, 2.05) is 0 Å². The molecule has 1 unspecified atom stereocenters. The number of rotatable bonds is 1. The molecule has 4 nitrogen and oxygen atoms in total. The Bertz CT molecular complexity index is 218. The Hall–Kier alpha value is -1.19. The van der Waals surface area contributed by atoms with Gasteiger partial charge in [0.15, 0.2) is 0 Å². The number of ketones is 2. The zero-order valence-electron chi connectivity index (χ0n) is 5.87. The second-order valence-corrected chi connectivity index (χ2v) is 2.60. The molecule has 0 amide bonds. The average Bonchev–Trinajstić information content (AvgIpc) is 1.94. The predicted octanol–water partition coefficient (Wildman–Crippen LogP) is 0.00930. The first kappa shape index (κ1) is 7.91. The van der Waals surface area contributed by atoms with Crippen molar-refractivity contribution in [3.63, 3.8) is 0 Å². The van der Waals surface area contributed by atoms with Crippen LogP contribution in [-0.2, 0) is 14.4 Å². The third-order valence-corrected chi connectivity index (χ3v) is 1.77. The molecular formula is C7H8O4. The molecule has 1 atom stereocenters. The van der Waals surface area contributed by atoms with Gasteiger partial charge in [-0.05, 0) is 0 Å². The van der Waals surface area contributed by atoms with Crippen molar-refractivity contribution in [3.8, 4) is 0 Å². The molecule has 0 aliphatic heterocycles. The third-order valence-electron chi connectivity index (χ3n) is 1.77. The Labute approximate surface area is 63.2 Å². The molecule has 60 valence electrons. The lowest BCUT2D eigenvalue weighted by atomic mass is 9.87. The zero-order valence-corrected chi connectivity index (χ0v) is 5.87. The van der Waals surface area contributed by atoms with Gasteiger partial charge in [-0.3, -0.25) is 14.4 Å². The summed E-state index contributed by atoms with van der Waals surface area (Å²) in [6.45, 7) is 0. The number of aliphatic carboxylic acids is 1. The van der Waals surface area contributed by atoms with Crippen LogP contribution < -0.4 is 0 Å². The quantitative estimate of drug-likeness (QED) is 0.543. The van der Waals surface area contributed by atoms with Gasteiger partial charge in [0.25, 0.3) is 0 Å². The molecule has 4 heteroatoms. The minimum absolute atomic E-state index is 0.0931. The van der Waals surface area contributed by atoms with E-state index >= 15 is 0 Å². The Morgan fingerprint density at radius 2 is 2.00 bits per heavy atom. The van der Waals surface area contributed by atoms with Crippen LogP contribution in [0.1, 0.15) is 19.3 Å². The van der Waals surface area contributed by atoms with Gasteiger partial charge in [-0.2, -0.15) is 0 Å². The molecule has 0 radical (unpaired) electrons. The molecule has 0 saturated heterocycles. The molecular weight excluding hydrogens is 148 g/mol. The van der Waals surface area contributed by atoms with Crippen molar-refractivity contribution in [1.82, 2.24) is 0 Å². The van der Waals surface area contributed by atoms with Crippen LogP contribution in [0.2, 0.25) is 0 Å². The second kappa shape index (κ2) is 2.82. The van der Waals surface area contributed by atoms with E-state index in [4.69, 9.17) is 5.11 Å². The van der Waals surface area contributed by atoms with Gasteiger partial charge in [0, 0.05) is 19.3 Å². The van der Waals surface area contributed by atoms with E-state index < -0.39 is 11.9 Å². The lowest BCUT2D eigenvalue weighted by Gasteiger charge is -2.14. The number of Topliss-reactive ketones (excluding diaryl/α,β-unsaturated/α-hetero) is 2. The molecule has 11 heavy (non-hydrogen) atoms. The summed E-state index contributed by atoms with van der Waals surface area (Å²) in [6, 6.07) is 0. The molecule has 1 saturated carbocycles. The van der Waals surface area contributed by atoms with Crippen molar-refractivity contribution in [1.29, 1.82) is 0 Å². The van der Waals surface area contributed by atoms with Crippen molar-refractivity contribution < 1.29 is 19.5 Å². The molecule has 0 heterocycles. The monoisotopic (exact) mass is 156 g/mol. The van der Waals surface area contributed by atoms with Gasteiger partial charge in [0.1, 0.15) is 17.5 Å². The second-order valence-electron chi connectivity index (χ2n) is 2.60. The number of hydrogen-bond acceptors (Lipinski definition) is 3. The van der Waals surface area contributed by atoms with E-state index in [2.05, 4.69) is 0 Å². The normalized spacial score (nSPS) is 25.3. The molecule has 0 aromatic heterocycles. The number of carbonyl (C=O) groups excluding carboxylic acids is 2. The van der Waals surface area contributed by atoms with E-state index in [-0.39, 0.29) is 30.8 Å².